The van der Waals surface area contributed by atoms with Crippen LogP contribution in [-0.2, 0) is 30.4 Å². The number of nitrogens with zero attached hydrogens (tertiary/aromatic N) is 1. The molecule has 0 spiro atoms. The van der Waals surface area contributed by atoms with Crippen molar-refractivity contribution < 1.29 is 29.1 Å². The fraction of sp³-hybridized carbons (Fsp3) is 0.771. The Labute approximate surface area is 286 Å². The highest BCUT2D eigenvalue weighted by atomic mass is 16.4. The van der Waals surface area contributed by atoms with Gasteiger partial charge in [0.25, 0.3) is 0 Å². The molecule has 1 aromatic rings. The van der Waals surface area contributed by atoms with Gasteiger partial charge in [0, 0.05) is 31.3 Å². The smallest absolute Gasteiger partial charge is 0.322 e. The molecule has 1 aromatic heterocycles. The molecule has 0 bridgehead atoms. The molecule has 0 aliphatic carbocycles. The van der Waals surface area contributed by atoms with Crippen LogP contribution in [0.2, 0.25) is 0 Å². The summed E-state index contributed by atoms with van der Waals surface area (Å²) in [5.74, 6) is -2.63. The number of aromatic nitrogens is 2. The van der Waals surface area contributed by atoms with Crippen LogP contribution in [0.5, 0.6) is 0 Å². The van der Waals surface area contributed by atoms with Gasteiger partial charge in [0.2, 0.25) is 23.6 Å². The molecule has 13 heteroatoms. The lowest BCUT2D eigenvalue weighted by Crippen LogP contribution is -2.55. The molecule has 272 valence electrons. The average molecular weight is 676 g/mol. The molecular weight excluding hydrogens is 614 g/mol. The summed E-state index contributed by atoms with van der Waals surface area (Å²) in [6, 6.07) is -2.12. The number of hydrogen-bond acceptors (Lipinski definition) is 7. The van der Waals surface area contributed by atoms with Gasteiger partial charge in [0.1, 0.15) is 18.6 Å². The van der Waals surface area contributed by atoms with Gasteiger partial charge in [-0.3, -0.25) is 24.0 Å². The molecule has 1 aliphatic rings. The van der Waals surface area contributed by atoms with Crippen LogP contribution in [0.3, 0.4) is 0 Å². The second-order valence-electron chi connectivity index (χ2n) is 13.0. The first-order chi connectivity index (χ1) is 23.3. The maximum absolute atomic E-state index is 13.5. The lowest BCUT2D eigenvalue weighted by molar-refractivity contribution is -0.138. The van der Waals surface area contributed by atoms with Crippen LogP contribution < -0.4 is 26.6 Å². The van der Waals surface area contributed by atoms with Crippen molar-refractivity contribution in [2.75, 3.05) is 19.6 Å². The van der Waals surface area contributed by atoms with E-state index in [1.165, 1.54) is 70.3 Å². The third-order valence-electron chi connectivity index (χ3n) is 8.78. The number of carbonyl (C=O) groups is 5. The molecule has 0 aromatic carbocycles. The molecule has 1 aliphatic heterocycles. The van der Waals surface area contributed by atoms with E-state index >= 15 is 0 Å². The Bertz CT molecular complexity index is 1060. The summed E-state index contributed by atoms with van der Waals surface area (Å²) in [6.45, 7) is 2.95. The van der Waals surface area contributed by atoms with Crippen molar-refractivity contribution in [3.05, 3.63) is 18.2 Å². The summed E-state index contributed by atoms with van der Waals surface area (Å²) in [5, 5.41) is 23.0. The molecular formula is C35H61N7O6. The SMILES string of the molecule is CCCCCCCCCCCCCCCC(=O)N[C@@H](CCCCNC(=O)[C@@H]1CCCN1)C(=O)N[C@@H](Cc1cnc[nH]1)C(=O)NCC(=O)O. The van der Waals surface area contributed by atoms with Gasteiger partial charge in [0.15, 0.2) is 0 Å². The number of carboxylic acid groups (broad SMARTS) is 1. The number of hydrogen-bond donors (Lipinski definition) is 7. The number of amides is 4. The lowest BCUT2D eigenvalue weighted by Gasteiger charge is -2.23. The summed E-state index contributed by atoms with van der Waals surface area (Å²) >= 11 is 0. The van der Waals surface area contributed by atoms with Crippen LogP contribution in [0.25, 0.3) is 0 Å². The molecule has 0 radical (unpaired) electrons. The Morgan fingerprint density at radius 2 is 1.50 bits per heavy atom. The molecule has 1 saturated heterocycles. The van der Waals surface area contributed by atoms with Gasteiger partial charge in [-0.25, -0.2) is 4.98 Å². The topological polar surface area (TPSA) is 194 Å². The maximum Gasteiger partial charge on any atom is 0.322 e. The van der Waals surface area contributed by atoms with E-state index in [9.17, 15) is 24.0 Å². The van der Waals surface area contributed by atoms with E-state index in [1.54, 1.807) is 0 Å². The van der Waals surface area contributed by atoms with E-state index < -0.39 is 36.4 Å². The largest absolute Gasteiger partial charge is 0.480 e. The number of aliphatic carboxylic acids is 1. The van der Waals surface area contributed by atoms with Crippen LogP contribution in [-0.4, -0.2) is 82.4 Å². The summed E-state index contributed by atoms with van der Waals surface area (Å²) < 4.78 is 0. The molecule has 1 fully saturated rings. The molecule has 7 N–H and O–H groups in total. The first-order valence-electron chi connectivity index (χ1n) is 18.4. The van der Waals surface area contributed by atoms with Gasteiger partial charge < -0.3 is 36.7 Å². The van der Waals surface area contributed by atoms with Crippen molar-refractivity contribution in [2.24, 2.45) is 0 Å². The van der Waals surface area contributed by atoms with Gasteiger partial charge >= 0.3 is 5.97 Å². The van der Waals surface area contributed by atoms with Crippen LogP contribution in [0, 0.1) is 0 Å². The number of aromatic amines is 1. The summed E-state index contributed by atoms with van der Waals surface area (Å²) in [7, 11) is 0. The number of unbranched alkanes of at least 4 members (excludes halogenated alkanes) is 13. The van der Waals surface area contributed by atoms with E-state index in [2.05, 4.69) is 43.5 Å². The lowest BCUT2D eigenvalue weighted by atomic mass is 10.0. The van der Waals surface area contributed by atoms with Crippen molar-refractivity contribution in [3.8, 4) is 0 Å². The fourth-order valence-corrected chi connectivity index (χ4v) is 5.94. The Hall–Kier alpha value is -3.48. The highest BCUT2D eigenvalue weighted by Crippen LogP contribution is 2.13. The fourth-order valence-electron chi connectivity index (χ4n) is 5.94. The minimum atomic E-state index is -1.20. The van der Waals surface area contributed by atoms with E-state index in [0.717, 1.165) is 45.1 Å². The quantitative estimate of drug-likeness (QED) is 0.0654. The zero-order valence-corrected chi connectivity index (χ0v) is 29.1. The molecule has 2 rings (SSSR count). The van der Waals surface area contributed by atoms with Crippen molar-refractivity contribution in [2.45, 2.75) is 153 Å². The summed E-state index contributed by atoms with van der Waals surface area (Å²) in [4.78, 5) is 69.4. The highest BCUT2D eigenvalue weighted by molar-refractivity contribution is 5.93. The molecule has 48 heavy (non-hydrogen) atoms. The number of rotatable bonds is 28. The molecule has 0 unspecified atom stereocenters. The third-order valence-corrected chi connectivity index (χ3v) is 8.78. The predicted octanol–water partition coefficient (Wildman–Crippen LogP) is 3.64. The Morgan fingerprint density at radius 3 is 2.08 bits per heavy atom. The number of carboxylic acids is 1. The van der Waals surface area contributed by atoms with E-state index in [-0.39, 0.29) is 24.3 Å². The molecule has 4 amide bonds. The zero-order valence-electron chi connectivity index (χ0n) is 29.1. The van der Waals surface area contributed by atoms with Crippen molar-refractivity contribution >= 4 is 29.6 Å². The van der Waals surface area contributed by atoms with Gasteiger partial charge in [-0.2, -0.15) is 0 Å². The Balaban J connectivity index is 1.82. The normalized spacial score (nSPS) is 15.4. The minimum absolute atomic E-state index is 0.0260. The first-order valence-corrected chi connectivity index (χ1v) is 18.4. The maximum atomic E-state index is 13.5. The van der Waals surface area contributed by atoms with E-state index in [1.807, 2.05) is 0 Å². The van der Waals surface area contributed by atoms with Crippen molar-refractivity contribution in [1.29, 1.82) is 0 Å². The molecule has 13 nitrogen and oxygen atoms in total. The van der Waals surface area contributed by atoms with Crippen LogP contribution in [0.1, 0.15) is 135 Å². The third kappa shape index (κ3) is 18.8. The summed E-state index contributed by atoms with van der Waals surface area (Å²) in [6.07, 6.45) is 22.3. The predicted molar refractivity (Wildman–Crippen MR) is 185 cm³/mol. The van der Waals surface area contributed by atoms with Crippen LogP contribution in [0.15, 0.2) is 12.5 Å². The Morgan fingerprint density at radius 1 is 0.833 bits per heavy atom. The van der Waals surface area contributed by atoms with Gasteiger partial charge in [-0.15, -0.1) is 0 Å². The second kappa shape index (κ2) is 25.5. The number of carbonyl (C=O) groups excluding carboxylic acids is 4. The summed E-state index contributed by atoms with van der Waals surface area (Å²) in [5.41, 5.74) is 0.585. The molecule has 2 heterocycles. The molecule has 0 saturated carbocycles. The van der Waals surface area contributed by atoms with Crippen LogP contribution in [0.4, 0.5) is 0 Å². The van der Waals surface area contributed by atoms with Crippen molar-refractivity contribution in [1.82, 2.24) is 36.6 Å². The number of nitrogens with one attached hydrogen (secondary N) is 6. The standard InChI is InChI=1S/C35H61N7O6/c1-2-3-4-5-6-7-8-9-10-11-12-13-14-20-31(43)41-29(18-15-16-21-38-33(46)28-19-17-22-37-28)35(48)42-30(23-27-24-36-26-40-27)34(47)39-25-32(44)45/h24,26,28-30,37H,2-23,25H2,1H3,(H,36,40)(H,38,46)(H,39,47)(H,41,43)(H,42,48)(H,44,45)/t28-,29-,30-/m0/s1. The Kier molecular flexibility index (Phi) is 21.6. The van der Waals surface area contributed by atoms with Crippen LogP contribution >= 0.6 is 0 Å². The van der Waals surface area contributed by atoms with Gasteiger partial charge in [0.05, 0.1) is 12.4 Å². The monoisotopic (exact) mass is 675 g/mol. The highest BCUT2D eigenvalue weighted by Gasteiger charge is 2.28. The number of H-pyrrole nitrogens is 1. The van der Waals surface area contributed by atoms with Crippen molar-refractivity contribution in [3.63, 3.8) is 0 Å². The minimum Gasteiger partial charge on any atom is -0.480 e. The average Bonchev–Trinajstić information content (AvgIpc) is 3.80. The van der Waals surface area contributed by atoms with Gasteiger partial charge in [-0.05, 0) is 45.1 Å². The first kappa shape index (κ1) is 40.7. The number of imidazole rings is 1. The zero-order chi connectivity index (χ0) is 34.8. The van der Waals surface area contributed by atoms with Gasteiger partial charge in [-0.1, -0.05) is 84.0 Å². The van der Waals surface area contributed by atoms with E-state index in [0.29, 0.717) is 37.9 Å². The molecule has 3 atom stereocenters. The van der Waals surface area contributed by atoms with E-state index in [4.69, 9.17) is 5.11 Å². The second-order valence-corrected chi connectivity index (χ2v) is 13.0.